The van der Waals surface area contributed by atoms with E-state index in [1.807, 2.05) is 0 Å². The Bertz CT molecular complexity index is 466. The molecule has 6 nitrogen and oxygen atoms in total. The van der Waals surface area contributed by atoms with E-state index in [2.05, 4.69) is 19.0 Å². The molecule has 0 aromatic carbocycles. The van der Waals surface area contributed by atoms with Crippen molar-refractivity contribution in [2.75, 3.05) is 6.54 Å². The van der Waals surface area contributed by atoms with E-state index in [1.165, 1.54) is 6.07 Å². The minimum Gasteiger partial charge on any atom is -0.476 e. The van der Waals surface area contributed by atoms with Gasteiger partial charge in [0.05, 0.1) is 6.54 Å². The summed E-state index contributed by atoms with van der Waals surface area (Å²) in [6, 6.07) is 1.36. The summed E-state index contributed by atoms with van der Waals surface area (Å²) in [7, 11) is 0. The molecule has 1 aliphatic heterocycles. The molecule has 6 heteroatoms. The van der Waals surface area contributed by atoms with Crippen LogP contribution in [0.5, 0.6) is 0 Å². The number of carbonyl (C=O) groups is 2. The molecule has 1 amide bonds. The van der Waals surface area contributed by atoms with E-state index < -0.39 is 5.97 Å². The molecule has 1 fully saturated rings. The number of nitrogens with zero attached hydrogens (tertiary/aromatic N) is 2. The highest BCUT2D eigenvalue weighted by molar-refractivity contribution is 5.85. The fourth-order valence-corrected chi connectivity index (χ4v) is 2.08. The maximum absolute atomic E-state index is 11.8. The van der Waals surface area contributed by atoms with Gasteiger partial charge in [0.2, 0.25) is 5.91 Å². The quantitative estimate of drug-likeness (QED) is 0.875. The maximum atomic E-state index is 11.8. The number of carboxylic acids is 1. The number of aromatic nitrogens is 1. The van der Waals surface area contributed by atoms with Gasteiger partial charge in [-0.15, -0.1) is 0 Å². The SMILES string of the molecule is CC(C)C1CC(=O)N(Cc2cc(C(=O)O)no2)C1. The van der Waals surface area contributed by atoms with Gasteiger partial charge < -0.3 is 14.5 Å². The number of hydrogen-bond acceptors (Lipinski definition) is 4. The average Bonchev–Trinajstić information content (AvgIpc) is 2.87. The molecule has 18 heavy (non-hydrogen) atoms. The van der Waals surface area contributed by atoms with Crippen LogP contribution >= 0.6 is 0 Å². The Labute approximate surface area is 105 Å². The lowest BCUT2D eigenvalue weighted by molar-refractivity contribution is -0.128. The molecule has 98 valence electrons. The Morgan fingerprint density at radius 2 is 2.39 bits per heavy atom. The summed E-state index contributed by atoms with van der Waals surface area (Å²) in [5, 5.41) is 12.1. The molecular formula is C12H16N2O4. The molecule has 1 unspecified atom stereocenters. The summed E-state index contributed by atoms with van der Waals surface area (Å²) in [5.74, 6) is 0.188. The first-order chi connectivity index (χ1) is 8.47. The van der Waals surface area contributed by atoms with Crippen molar-refractivity contribution in [3.8, 4) is 0 Å². The van der Waals surface area contributed by atoms with Crippen LogP contribution in [0.15, 0.2) is 10.6 Å². The third-order valence-corrected chi connectivity index (χ3v) is 3.31. The highest BCUT2D eigenvalue weighted by atomic mass is 16.5. The summed E-state index contributed by atoms with van der Waals surface area (Å²) in [6.07, 6.45) is 0.553. The molecular weight excluding hydrogens is 236 g/mol. The predicted octanol–water partition coefficient (Wildman–Crippen LogP) is 1.38. The zero-order valence-corrected chi connectivity index (χ0v) is 10.4. The summed E-state index contributed by atoms with van der Waals surface area (Å²) in [6.45, 7) is 5.18. The first kappa shape index (κ1) is 12.6. The van der Waals surface area contributed by atoms with Crippen LogP contribution < -0.4 is 0 Å². The minimum absolute atomic E-state index is 0.0852. The Kier molecular flexibility index (Phi) is 3.36. The van der Waals surface area contributed by atoms with Gasteiger partial charge in [-0.05, 0) is 11.8 Å². The molecule has 2 rings (SSSR count). The van der Waals surface area contributed by atoms with Crippen LogP contribution in [0.3, 0.4) is 0 Å². The smallest absolute Gasteiger partial charge is 0.358 e. The third-order valence-electron chi connectivity index (χ3n) is 3.31. The van der Waals surface area contributed by atoms with Crippen molar-refractivity contribution in [3.05, 3.63) is 17.5 Å². The Morgan fingerprint density at radius 3 is 2.89 bits per heavy atom. The van der Waals surface area contributed by atoms with Crippen LogP contribution in [0.1, 0.15) is 36.5 Å². The van der Waals surface area contributed by atoms with Crippen LogP contribution in [-0.4, -0.2) is 33.6 Å². The van der Waals surface area contributed by atoms with Gasteiger partial charge in [0, 0.05) is 19.0 Å². The molecule has 0 spiro atoms. The largest absolute Gasteiger partial charge is 0.476 e. The Morgan fingerprint density at radius 1 is 1.67 bits per heavy atom. The molecule has 1 N–H and O–H groups in total. The van der Waals surface area contributed by atoms with Crippen LogP contribution in [0.4, 0.5) is 0 Å². The lowest BCUT2D eigenvalue weighted by atomic mass is 9.95. The zero-order chi connectivity index (χ0) is 13.3. The lowest BCUT2D eigenvalue weighted by Gasteiger charge is -2.16. The van der Waals surface area contributed by atoms with Crippen molar-refractivity contribution in [2.24, 2.45) is 11.8 Å². The highest BCUT2D eigenvalue weighted by Gasteiger charge is 2.32. The van der Waals surface area contributed by atoms with E-state index in [0.717, 1.165) is 0 Å². The van der Waals surface area contributed by atoms with Crippen molar-refractivity contribution in [3.63, 3.8) is 0 Å². The van der Waals surface area contributed by atoms with E-state index in [-0.39, 0.29) is 11.6 Å². The van der Waals surface area contributed by atoms with Gasteiger partial charge in [-0.2, -0.15) is 0 Å². The predicted molar refractivity (Wildman–Crippen MR) is 61.8 cm³/mol. The minimum atomic E-state index is -1.13. The second-order valence-electron chi connectivity index (χ2n) is 4.97. The molecule has 0 bridgehead atoms. The summed E-state index contributed by atoms with van der Waals surface area (Å²) in [4.78, 5) is 24.1. The summed E-state index contributed by atoms with van der Waals surface area (Å²) in [5.41, 5.74) is -0.128. The molecule has 2 heterocycles. The number of aromatic carboxylic acids is 1. The van der Waals surface area contributed by atoms with Crippen LogP contribution in [0.25, 0.3) is 0 Å². The number of likely N-dealkylation sites (tertiary alicyclic amines) is 1. The highest BCUT2D eigenvalue weighted by Crippen LogP contribution is 2.26. The third kappa shape index (κ3) is 2.52. The lowest BCUT2D eigenvalue weighted by Crippen LogP contribution is -2.24. The normalized spacial score (nSPS) is 19.8. The molecule has 1 atom stereocenters. The van der Waals surface area contributed by atoms with Crippen molar-refractivity contribution in [2.45, 2.75) is 26.8 Å². The fraction of sp³-hybridized carbons (Fsp3) is 0.583. The van der Waals surface area contributed by atoms with Gasteiger partial charge in [-0.3, -0.25) is 4.79 Å². The summed E-state index contributed by atoms with van der Waals surface area (Å²) >= 11 is 0. The monoisotopic (exact) mass is 252 g/mol. The Balaban J connectivity index is 2.01. The number of amides is 1. The Hall–Kier alpha value is -1.85. The standard InChI is InChI=1S/C12H16N2O4/c1-7(2)8-3-11(15)14(5-8)6-9-4-10(12(16)17)13-18-9/h4,7-8H,3,5-6H2,1-2H3,(H,16,17). The maximum Gasteiger partial charge on any atom is 0.358 e. The van der Waals surface area contributed by atoms with Crippen molar-refractivity contribution < 1.29 is 19.2 Å². The number of carbonyl (C=O) groups excluding carboxylic acids is 1. The fourth-order valence-electron chi connectivity index (χ4n) is 2.08. The first-order valence-electron chi connectivity index (χ1n) is 5.94. The second-order valence-corrected chi connectivity index (χ2v) is 4.97. The molecule has 0 aliphatic carbocycles. The van der Waals surface area contributed by atoms with Crippen molar-refractivity contribution in [1.29, 1.82) is 0 Å². The van der Waals surface area contributed by atoms with Crippen LogP contribution in [-0.2, 0) is 11.3 Å². The van der Waals surface area contributed by atoms with E-state index in [1.54, 1.807) is 4.90 Å². The van der Waals surface area contributed by atoms with Crippen molar-refractivity contribution >= 4 is 11.9 Å². The number of carboxylic acid groups (broad SMARTS) is 1. The summed E-state index contributed by atoms with van der Waals surface area (Å²) < 4.78 is 4.91. The average molecular weight is 252 g/mol. The van der Waals surface area contributed by atoms with Gasteiger partial charge in [0.15, 0.2) is 11.5 Å². The number of rotatable bonds is 4. The topological polar surface area (TPSA) is 83.6 Å². The molecule has 1 aromatic rings. The first-order valence-corrected chi connectivity index (χ1v) is 5.94. The van der Waals surface area contributed by atoms with Gasteiger partial charge >= 0.3 is 5.97 Å². The van der Waals surface area contributed by atoms with E-state index in [9.17, 15) is 9.59 Å². The van der Waals surface area contributed by atoms with Gasteiger partial charge in [-0.25, -0.2) is 4.79 Å². The molecule has 0 radical (unpaired) electrons. The van der Waals surface area contributed by atoms with E-state index in [0.29, 0.717) is 37.1 Å². The van der Waals surface area contributed by atoms with E-state index >= 15 is 0 Å². The van der Waals surface area contributed by atoms with E-state index in [4.69, 9.17) is 9.63 Å². The van der Waals surface area contributed by atoms with Crippen molar-refractivity contribution in [1.82, 2.24) is 10.1 Å². The number of hydrogen-bond donors (Lipinski definition) is 1. The second kappa shape index (κ2) is 4.80. The molecule has 1 aromatic heterocycles. The molecule has 1 aliphatic rings. The molecule has 0 saturated carbocycles. The zero-order valence-electron chi connectivity index (χ0n) is 10.4. The van der Waals surface area contributed by atoms with Gasteiger partial charge in [0.1, 0.15) is 0 Å². The van der Waals surface area contributed by atoms with Gasteiger partial charge in [-0.1, -0.05) is 19.0 Å². The van der Waals surface area contributed by atoms with Gasteiger partial charge in [0.25, 0.3) is 0 Å². The van der Waals surface area contributed by atoms with Crippen LogP contribution in [0.2, 0.25) is 0 Å². The van der Waals surface area contributed by atoms with Crippen LogP contribution in [0, 0.1) is 11.8 Å². The molecule has 1 saturated heterocycles.